The highest BCUT2D eigenvalue weighted by molar-refractivity contribution is 5.77. The molecule has 0 radical (unpaired) electrons. The van der Waals surface area contributed by atoms with Crippen LogP contribution >= 0.6 is 0 Å². The van der Waals surface area contributed by atoms with E-state index in [9.17, 15) is 4.79 Å². The molecular formula is C26H38N2O2. The highest BCUT2D eigenvalue weighted by Crippen LogP contribution is 2.64. The number of hydrogen-bond acceptors (Lipinski definition) is 3. The van der Waals surface area contributed by atoms with Gasteiger partial charge in [-0.15, -0.1) is 0 Å². The molecule has 4 heteroatoms. The predicted molar refractivity (Wildman–Crippen MR) is 121 cm³/mol. The van der Waals surface area contributed by atoms with Crippen molar-refractivity contribution in [2.75, 3.05) is 19.5 Å². The van der Waals surface area contributed by atoms with Crippen molar-refractivity contribution in [3.05, 3.63) is 24.3 Å². The first kappa shape index (κ1) is 20.2. The van der Waals surface area contributed by atoms with Crippen LogP contribution in [0.5, 0.6) is 5.75 Å². The van der Waals surface area contributed by atoms with Crippen molar-refractivity contribution in [1.82, 2.24) is 4.90 Å². The molecule has 0 aromatic heterocycles. The van der Waals surface area contributed by atoms with Gasteiger partial charge in [-0.3, -0.25) is 4.79 Å². The monoisotopic (exact) mass is 410 g/mol. The van der Waals surface area contributed by atoms with Crippen LogP contribution in [0.3, 0.4) is 0 Å². The lowest BCUT2D eigenvalue weighted by molar-refractivity contribution is -0.157. The van der Waals surface area contributed by atoms with Gasteiger partial charge in [0.1, 0.15) is 5.75 Å². The molecule has 3 saturated carbocycles. The topological polar surface area (TPSA) is 41.6 Å². The van der Waals surface area contributed by atoms with E-state index in [2.05, 4.69) is 55.4 Å². The summed E-state index contributed by atoms with van der Waals surface area (Å²) in [5, 5.41) is 3.90. The van der Waals surface area contributed by atoms with E-state index in [4.69, 9.17) is 4.74 Å². The number of rotatable bonds is 3. The van der Waals surface area contributed by atoms with Crippen molar-refractivity contribution in [3.63, 3.8) is 0 Å². The number of nitrogens with one attached hydrogen (secondary N) is 1. The molecule has 0 bridgehead atoms. The summed E-state index contributed by atoms with van der Waals surface area (Å²) in [6.45, 7) is 5.08. The fourth-order valence-electron chi connectivity index (χ4n) is 8.28. The van der Waals surface area contributed by atoms with Crippen molar-refractivity contribution < 1.29 is 9.53 Å². The maximum atomic E-state index is 12.4. The Morgan fingerprint density at radius 2 is 1.70 bits per heavy atom. The Kier molecular flexibility index (Phi) is 4.83. The summed E-state index contributed by atoms with van der Waals surface area (Å²) in [4.78, 5) is 14.5. The number of nitrogens with zero attached hydrogens (tertiary/aromatic N) is 1. The van der Waals surface area contributed by atoms with Crippen LogP contribution in [0.2, 0.25) is 0 Å². The minimum absolute atomic E-state index is 0.314. The Morgan fingerprint density at radius 1 is 0.967 bits per heavy atom. The Hall–Kier alpha value is -1.71. The predicted octanol–water partition coefficient (Wildman–Crippen LogP) is 5.34. The molecule has 1 heterocycles. The van der Waals surface area contributed by atoms with E-state index in [-0.39, 0.29) is 0 Å². The van der Waals surface area contributed by atoms with Gasteiger partial charge in [0.05, 0.1) is 7.11 Å². The van der Waals surface area contributed by atoms with Gasteiger partial charge >= 0.3 is 0 Å². The van der Waals surface area contributed by atoms with Gasteiger partial charge in [0.25, 0.3) is 0 Å². The fraction of sp³-hybridized carbons (Fsp3) is 0.731. The number of carbonyl (C=O) groups excluding carboxylic acids is 1. The summed E-state index contributed by atoms with van der Waals surface area (Å²) >= 11 is 0. The molecule has 4 nitrogen and oxygen atoms in total. The lowest BCUT2D eigenvalue weighted by atomic mass is 9.47. The lowest BCUT2D eigenvalue weighted by Crippen LogP contribution is -2.61. The van der Waals surface area contributed by atoms with Crippen molar-refractivity contribution in [2.45, 2.75) is 77.3 Å². The number of likely N-dealkylation sites (tertiary alicyclic amines) is 1. The number of benzene rings is 1. The van der Waals surface area contributed by atoms with E-state index >= 15 is 0 Å². The number of anilines is 1. The minimum atomic E-state index is 0.314. The first-order valence-electron chi connectivity index (χ1n) is 12.0. The van der Waals surface area contributed by atoms with Gasteiger partial charge in [-0.25, -0.2) is 0 Å². The molecule has 164 valence electrons. The number of hydrogen-bond donors (Lipinski definition) is 1. The normalized spacial score (nSPS) is 42.9. The summed E-state index contributed by atoms with van der Waals surface area (Å²) in [7, 11) is 3.78. The van der Waals surface area contributed by atoms with E-state index in [1.807, 2.05) is 0 Å². The summed E-state index contributed by atoms with van der Waals surface area (Å²) < 4.78 is 5.32. The summed E-state index contributed by atoms with van der Waals surface area (Å²) in [6.07, 6.45) is 9.60. The van der Waals surface area contributed by atoms with Gasteiger partial charge in [0.2, 0.25) is 5.91 Å². The first-order valence-corrected chi connectivity index (χ1v) is 12.0. The van der Waals surface area contributed by atoms with Crippen LogP contribution in [0.15, 0.2) is 24.3 Å². The summed E-state index contributed by atoms with van der Waals surface area (Å²) in [5.41, 5.74) is 1.91. The van der Waals surface area contributed by atoms with Crippen LogP contribution in [-0.2, 0) is 4.79 Å². The highest BCUT2D eigenvalue weighted by Gasteiger charge is 2.61. The molecule has 0 unspecified atom stereocenters. The molecule has 1 saturated heterocycles. The van der Waals surface area contributed by atoms with Crippen molar-refractivity contribution >= 4 is 11.6 Å². The second kappa shape index (κ2) is 7.17. The maximum absolute atomic E-state index is 12.4. The number of ether oxygens (including phenoxy) is 1. The lowest BCUT2D eigenvalue weighted by Gasteiger charge is -2.61. The zero-order chi connectivity index (χ0) is 21.1. The maximum Gasteiger partial charge on any atom is 0.222 e. The van der Waals surface area contributed by atoms with Crippen LogP contribution < -0.4 is 10.1 Å². The van der Waals surface area contributed by atoms with Gasteiger partial charge in [0, 0.05) is 31.2 Å². The number of amides is 1. The molecule has 30 heavy (non-hydrogen) atoms. The molecule has 4 fully saturated rings. The standard InChI is InChI=1S/C26H38N2O2/c1-25-15-13-21-19(9-12-23-26(21,2)16-14-24(29)28(23)3)20(25)10-11-22(25)27-17-5-7-18(30-4)8-6-17/h5-8,19-23,27H,9-16H2,1-4H3/t19-,20-,21-,22-,23+,25-,26+/m0/s1. The van der Waals surface area contributed by atoms with Gasteiger partial charge in [-0.2, -0.15) is 0 Å². The van der Waals surface area contributed by atoms with Crippen LogP contribution in [0.25, 0.3) is 0 Å². The van der Waals surface area contributed by atoms with Gasteiger partial charge in [0.15, 0.2) is 0 Å². The van der Waals surface area contributed by atoms with Crippen molar-refractivity contribution in [1.29, 1.82) is 0 Å². The molecular weight excluding hydrogens is 372 g/mol. The van der Waals surface area contributed by atoms with Crippen LogP contribution in [0, 0.1) is 28.6 Å². The largest absolute Gasteiger partial charge is 0.497 e. The molecule has 1 aliphatic heterocycles. The fourth-order valence-corrected chi connectivity index (χ4v) is 8.28. The van der Waals surface area contributed by atoms with Gasteiger partial charge < -0.3 is 15.0 Å². The van der Waals surface area contributed by atoms with Crippen molar-refractivity contribution in [2.24, 2.45) is 28.6 Å². The zero-order valence-electron chi connectivity index (χ0n) is 19.1. The molecule has 1 aromatic carbocycles. The molecule has 3 aliphatic carbocycles. The smallest absolute Gasteiger partial charge is 0.222 e. The summed E-state index contributed by atoms with van der Waals surface area (Å²) in [6, 6.07) is 9.43. The van der Waals surface area contributed by atoms with E-state index in [0.717, 1.165) is 36.3 Å². The van der Waals surface area contributed by atoms with Gasteiger partial charge in [-0.1, -0.05) is 13.8 Å². The minimum Gasteiger partial charge on any atom is -0.497 e. The Morgan fingerprint density at radius 3 is 2.43 bits per heavy atom. The second-order valence-corrected chi connectivity index (χ2v) is 11.0. The number of carbonyl (C=O) groups is 1. The highest BCUT2D eigenvalue weighted by atomic mass is 16.5. The van der Waals surface area contributed by atoms with E-state index in [0.29, 0.717) is 28.8 Å². The van der Waals surface area contributed by atoms with Crippen molar-refractivity contribution in [3.8, 4) is 5.75 Å². The van der Waals surface area contributed by atoms with E-state index < -0.39 is 0 Å². The van der Waals surface area contributed by atoms with E-state index in [1.54, 1.807) is 7.11 Å². The molecule has 1 N–H and O–H groups in total. The van der Waals surface area contributed by atoms with Crippen LogP contribution in [0.1, 0.15) is 65.2 Å². The molecule has 1 amide bonds. The Labute approximate surface area is 181 Å². The third-order valence-corrected chi connectivity index (χ3v) is 9.99. The molecule has 4 aliphatic rings. The van der Waals surface area contributed by atoms with Crippen LogP contribution in [0.4, 0.5) is 5.69 Å². The average molecular weight is 411 g/mol. The molecule has 5 rings (SSSR count). The number of fused-ring (bicyclic) bond motifs is 5. The Balaban J connectivity index is 1.35. The third-order valence-electron chi connectivity index (χ3n) is 9.99. The van der Waals surface area contributed by atoms with Gasteiger partial charge in [-0.05, 0) is 97.8 Å². The SMILES string of the molecule is COc1ccc(N[C@H]2CC[C@H]3[C@@H]4CC[C@H]5N(C)C(=O)CC[C@]5(C)[C@H]4CC[C@]23C)cc1. The van der Waals surface area contributed by atoms with Crippen LogP contribution in [-0.4, -0.2) is 37.0 Å². The molecule has 1 aromatic rings. The Bertz CT molecular complexity index is 808. The number of piperidine rings is 1. The third kappa shape index (κ3) is 2.89. The second-order valence-electron chi connectivity index (χ2n) is 11.0. The number of methoxy groups -OCH3 is 1. The quantitative estimate of drug-likeness (QED) is 0.731. The molecule has 7 atom stereocenters. The zero-order valence-corrected chi connectivity index (χ0v) is 19.1. The molecule has 0 spiro atoms. The first-order chi connectivity index (χ1) is 14.4. The summed E-state index contributed by atoms with van der Waals surface area (Å²) in [5.74, 6) is 3.70. The average Bonchev–Trinajstić information content (AvgIpc) is 3.08. The van der Waals surface area contributed by atoms with E-state index in [1.165, 1.54) is 44.2 Å².